The highest BCUT2D eigenvalue weighted by Crippen LogP contribution is 2.28. The lowest BCUT2D eigenvalue weighted by molar-refractivity contribution is -0.683. The van der Waals surface area contributed by atoms with E-state index in [1.165, 1.54) is 0 Å². The maximum Gasteiger partial charge on any atom is 0.277 e. The van der Waals surface area contributed by atoms with Crippen LogP contribution in [0.2, 0.25) is 5.02 Å². The van der Waals surface area contributed by atoms with Crippen LogP contribution in [0.3, 0.4) is 0 Å². The fourth-order valence-corrected chi connectivity index (χ4v) is 3.62. The van der Waals surface area contributed by atoms with Gasteiger partial charge in [-0.15, -0.1) is 0 Å². The second-order valence-corrected chi connectivity index (χ2v) is 7.26. The normalized spacial score (nSPS) is 15.5. The van der Waals surface area contributed by atoms with Crippen LogP contribution in [0.4, 0.5) is 5.69 Å². The standard InChI is InChI=1S/C21H26ClN3O2/c1-16(17-6-5-7-18(22)14-17)23-15-21(26)25-12-10-24(11-13-25)19-8-3-4-9-20(19)27-2/h3-9,14,16,23H,10-13,15H2,1-2H3/p+1/t16-/m1/s1. The molecule has 27 heavy (non-hydrogen) atoms. The molecule has 1 amide bonds. The van der Waals surface area contributed by atoms with Gasteiger partial charge in [0.1, 0.15) is 11.8 Å². The first-order valence-electron chi connectivity index (χ1n) is 9.33. The molecular weight excluding hydrogens is 362 g/mol. The molecule has 2 aromatic carbocycles. The molecule has 144 valence electrons. The number of piperazine rings is 1. The predicted molar refractivity (Wildman–Crippen MR) is 108 cm³/mol. The maximum absolute atomic E-state index is 12.6. The number of anilines is 1. The van der Waals surface area contributed by atoms with Gasteiger partial charge in [0, 0.05) is 36.8 Å². The first-order valence-corrected chi connectivity index (χ1v) is 9.71. The van der Waals surface area contributed by atoms with Crippen LogP contribution >= 0.6 is 11.6 Å². The number of hydrogen-bond acceptors (Lipinski definition) is 3. The molecule has 3 rings (SSSR count). The zero-order valence-corrected chi connectivity index (χ0v) is 16.7. The Kier molecular flexibility index (Phi) is 6.58. The molecule has 0 spiro atoms. The predicted octanol–water partition coefficient (Wildman–Crippen LogP) is 2.32. The summed E-state index contributed by atoms with van der Waals surface area (Å²) >= 11 is 6.06. The molecule has 1 saturated heterocycles. The van der Waals surface area contributed by atoms with Crippen molar-refractivity contribution in [3.63, 3.8) is 0 Å². The average Bonchev–Trinajstić information content (AvgIpc) is 2.71. The van der Waals surface area contributed by atoms with E-state index in [1.807, 2.05) is 47.4 Å². The number of nitrogens with two attached hydrogens (primary N) is 1. The van der Waals surface area contributed by atoms with Gasteiger partial charge in [-0.05, 0) is 31.2 Å². The Labute approximate surface area is 165 Å². The first-order chi connectivity index (χ1) is 13.1. The van der Waals surface area contributed by atoms with Gasteiger partial charge in [0.2, 0.25) is 0 Å². The second kappa shape index (κ2) is 9.11. The zero-order chi connectivity index (χ0) is 19.2. The summed E-state index contributed by atoms with van der Waals surface area (Å²) in [6.07, 6.45) is 0. The molecule has 0 bridgehead atoms. The van der Waals surface area contributed by atoms with Gasteiger partial charge in [-0.2, -0.15) is 0 Å². The minimum absolute atomic E-state index is 0.184. The van der Waals surface area contributed by atoms with Gasteiger partial charge in [-0.25, -0.2) is 0 Å². The summed E-state index contributed by atoms with van der Waals surface area (Å²) in [4.78, 5) is 16.8. The lowest BCUT2D eigenvalue weighted by atomic mass is 10.1. The molecule has 2 N–H and O–H groups in total. The number of rotatable bonds is 6. The third kappa shape index (κ3) is 4.93. The smallest absolute Gasteiger partial charge is 0.277 e. The van der Waals surface area contributed by atoms with Crippen molar-refractivity contribution < 1.29 is 14.8 Å². The SMILES string of the molecule is COc1ccccc1N1CCN(C(=O)C[NH2+][C@H](C)c2cccc(Cl)c2)CC1. The summed E-state index contributed by atoms with van der Waals surface area (Å²) in [5.41, 5.74) is 2.23. The fraction of sp³-hybridized carbons (Fsp3) is 0.381. The van der Waals surface area contributed by atoms with E-state index in [-0.39, 0.29) is 11.9 Å². The zero-order valence-electron chi connectivity index (χ0n) is 15.9. The van der Waals surface area contributed by atoms with Crippen LogP contribution in [0, 0.1) is 0 Å². The molecule has 0 unspecified atom stereocenters. The molecule has 0 saturated carbocycles. The quantitative estimate of drug-likeness (QED) is 0.826. The Morgan fingerprint density at radius 2 is 1.89 bits per heavy atom. The number of quaternary nitrogens is 1. The van der Waals surface area contributed by atoms with Crippen molar-refractivity contribution in [2.75, 3.05) is 44.7 Å². The van der Waals surface area contributed by atoms with E-state index in [2.05, 4.69) is 23.2 Å². The number of hydrogen-bond donors (Lipinski definition) is 1. The average molecular weight is 389 g/mol. The number of methoxy groups -OCH3 is 1. The van der Waals surface area contributed by atoms with Crippen LogP contribution in [-0.4, -0.2) is 50.6 Å². The molecule has 1 atom stereocenters. The largest absolute Gasteiger partial charge is 0.495 e. The molecule has 0 aromatic heterocycles. The number of carbonyl (C=O) groups excluding carboxylic acids is 1. The topological polar surface area (TPSA) is 49.4 Å². The van der Waals surface area contributed by atoms with Crippen LogP contribution < -0.4 is 15.0 Å². The number of carbonyl (C=O) groups is 1. The Bertz CT molecular complexity index is 776. The second-order valence-electron chi connectivity index (χ2n) is 6.82. The van der Waals surface area contributed by atoms with E-state index in [0.29, 0.717) is 6.54 Å². The van der Waals surface area contributed by atoms with Crippen molar-refractivity contribution in [2.24, 2.45) is 0 Å². The van der Waals surface area contributed by atoms with E-state index in [0.717, 1.165) is 48.2 Å². The van der Waals surface area contributed by atoms with Gasteiger partial charge >= 0.3 is 0 Å². The molecule has 1 heterocycles. The highest BCUT2D eigenvalue weighted by molar-refractivity contribution is 6.30. The minimum Gasteiger partial charge on any atom is -0.495 e. The van der Waals surface area contributed by atoms with Crippen LogP contribution in [0.1, 0.15) is 18.5 Å². The van der Waals surface area contributed by atoms with Crippen molar-refractivity contribution in [1.29, 1.82) is 0 Å². The van der Waals surface area contributed by atoms with Gasteiger partial charge in [0.05, 0.1) is 12.8 Å². The minimum atomic E-state index is 0.184. The monoisotopic (exact) mass is 388 g/mol. The summed E-state index contributed by atoms with van der Waals surface area (Å²) in [5.74, 6) is 1.06. The highest BCUT2D eigenvalue weighted by Gasteiger charge is 2.24. The van der Waals surface area contributed by atoms with E-state index in [1.54, 1.807) is 7.11 Å². The molecule has 1 aliphatic rings. The van der Waals surface area contributed by atoms with E-state index < -0.39 is 0 Å². The van der Waals surface area contributed by atoms with Crippen molar-refractivity contribution in [2.45, 2.75) is 13.0 Å². The van der Waals surface area contributed by atoms with Crippen molar-refractivity contribution in [3.05, 3.63) is 59.1 Å². The number of halogens is 1. The molecule has 0 aliphatic carbocycles. The fourth-order valence-electron chi connectivity index (χ4n) is 3.42. The Balaban J connectivity index is 1.50. The molecule has 1 aliphatic heterocycles. The van der Waals surface area contributed by atoms with E-state index in [9.17, 15) is 4.79 Å². The third-order valence-corrected chi connectivity index (χ3v) is 5.31. The van der Waals surface area contributed by atoms with Gasteiger partial charge in [-0.1, -0.05) is 35.9 Å². The van der Waals surface area contributed by atoms with Gasteiger partial charge < -0.3 is 19.9 Å². The number of benzene rings is 2. The van der Waals surface area contributed by atoms with Crippen LogP contribution in [-0.2, 0) is 4.79 Å². The Morgan fingerprint density at radius 3 is 2.59 bits per heavy atom. The van der Waals surface area contributed by atoms with Crippen molar-refractivity contribution in [3.8, 4) is 5.75 Å². The highest BCUT2D eigenvalue weighted by atomic mass is 35.5. The Morgan fingerprint density at radius 1 is 1.15 bits per heavy atom. The van der Waals surface area contributed by atoms with Gasteiger partial charge in [0.25, 0.3) is 5.91 Å². The van der Waals surface area contributed by atoms with Crippen LogP contribution in [0.5, 0.6) is 5.75 Å². The number of para-hydroxylation sites is 2. The maximum atomic E-state index is 12.6. The van der Waals surface area contributed by atoms with Gasteiger partial charge in [-0.3, -0.25) is 4.79 Å². The Hall–Kier alpha value is -2.24. The summed E-state index contributed by atoms with van der Waals surface area (Å²) in [5, 5.41) is 2.80. The number of ether oxygens (including phenoxy) is 1. The third-order valence-electron chi connectivity index (χ3n) is 5.08. The summed E-state index contributed by atoms with van der Waals surface area (Å²) in [6.45, 7) is 5.64. The van der Waals surface area contributed by atoms with Crippen LogP contribution in [0.25, 0.3) is 0 Å². The van der Waals surface area contributed by atoms with Crippen LogP contribution in [0.15, 0.2) is 48.5 Å². The van der Waals surface area contributed by atoms with Crippen molar-refractivity contribution >= 4 is 23.2 Å². The summed E-state index contributed by atoms with van der Waals surface area (Å²) < 4.78 is 5.45. The molecule has 1 fully saturated rings. The summed E-state index contributed by atoms with van der Waals surface area (Å²) in [7, 11) is 1.69. The first kappa shape index (κ1) is 19.5. The number of amides is 1. The number of nitrogens with zero attached hydrogens (tertiary/aromatic N) is 2. The van der Waals surface area contributed by atoms with E-state index >= 15 is 0 Å². The summed E-state index contributed by atoms with van der Waals surface area (Å²) in [6, 6.07) is 16.0. The van der Waals surface area contributed by atoms with Crippen molar-refractivity contribution in [1.82, 2.24) is 4.90 Å². The molecule has 5 nitrogen and oxygen atoms in total. The lowest BCUT2D eigenvalue weighted by Gasteiger charge is -2.36. The molecule has 6 heteroatoms. The van der Waals surface area contributed by atoms with Gasteiger partial charge in [0.15, 0.2) is 6.54 Å². The van der Waals surface area contributed by atoms with E-state index in [4.69, 9.17) is 16.3 Å². The lowest BCUT2D eigenvalue weighted by Crippen LogP contribution is -2.87. The molecular formula is C21H27ClN3O2+. The molecule has 0 radical (unpaired) electrons. The molecule has 2 aromatic rings.